The molecule has 4 rings (SSSR count). The van der Waals surface area contributed by atoms with E-state index in [1.54, 1.807) is 24.3 Å². The molecule has 1 heterocycles. The van der Waals surface area contributed by atoms with Crippen molar-refractivity contribution in [1.29, 1.82) is 0 Å². The van der Waals surface area contributed by atoms with Gasteiger partial charge in [0.2, 0.25) is 15.9 Å². The highest BCUT2D eigenvalue weighted by Crippen LogP contribution is 2.32. The van der Waals surface area contributed by atoms with E-state index in [-0.39, 0.29) is 36.1 Å². The summed E-state index contributed by atoms with van der Waals surface area (Å²) in [5.74, 6) is -1.06. The molecule has 1 unspecified atom stereocenters. The van der Waals surface area contributed by atoms with Crippen LogP contribution in [0.4, 0.5) is 5.69 Å². The number of hydrogen-bond acceptors (Lipinski definition) is 6. The molecule has 0 aliphatic carbocycles. The molecule has 9 heteroatoms. The highest BCUT2D eigenvalue weighted by atomic mass is 32.2. The zero-order chi connectivity index (χ0) is 25.0. The molecule has 0 aromatic heterocycles. The van der Waals surface area contributed by atoms with E-state index in [4.69, 9.17) is 4.74 Å². The molecule has 0 fully saturated rings. The second kappa shape index (κ2) is 10.3. The van der Waals surface area contributed by atoms with Crippen molar-refractivity contribution in [2.24, 2.45) is 0 Å². The first-order valence-corrected chi connectivity index (χ1v) is 12.6. The van der Waals surface area contributed by atoms with Gasteiger partial charge in [0.25, 0.3) is 0 Å². The summed E-state index contributed by atoms with van der Waals surface area (Å²) in [7, 11) is -2.98. The highest BCUT2D eigenvalue weighted by Gasteiger charge is 2.42. The quantitative estimate of drug-likeness (QED) is 0.528. The van der Waals surface area contributed by atoms with E-state index in [1.165, 1.54) is 36.3 Å². The molecule has 1 atom stereocenters. The van der Waals surface area contributed by atoms with E-state index in [1.807, 2.05) is 30.3 Å². The Labute approximate surface area is 204 Å². The number of fused-ring (bicyclic) bond motifs is 1. The number of nitrogens with zero attached hydrogens (tertiary/aromatic N) is 2. The Hall–Kier alpha value is -3.69. The first kappa shape index (κ1) is 24.4. The topological polar surface area (TPSA) is 104 Å². The Morgan fingerprint density at radius 3 is 2.31 bits per heavy atom. The van der Waals surface area contributed by atoms with Crippen LogP contribution in [-0.4, -0.2) is 49.4 Å². The minimum absolute atomic E-state index is 0.0782. The Morgan fingerprint density at radius 2 is 1.63 bits per heavy atom. The number of rotatable bonds is 6. The normalized spacial score (nSPS) is 16.3. The van der Waals surface area contributed by atoms with Crippen LogP contribution in [0.15, 0.2) is 83.8 Å². The molecule has 0 radical (unpaired) electrons. The van der Waals surface area contributed by atoms with E-state index in [2.05, 4.69) is 0 Å². The van der Waals surface area contributed by atoms with Gasteiger partial charge in [-0.3, -0.25) is 9.59 Å². The van der Waals surface area contributed by atoms with Gasteiger partial charge in [0.15, 0.2) is 0 Å². The largest absolute Gasteiger partial charge is 0.508 e. The molecule has 0 saturated heterocycles. The molecule has 3 aromatic rings. The minimum Gasteiger partial charge on any atom is -0.508 e. The second-order valence-electron chi connectivity index (χ2n) is 8.20. The molecule has 1 aliphatic heterocycles. The lowest BCUT2D eigenvalue weighted by molar-refractivity contribution is -0.145. The van der Waals surface area contributed by atoms with Crippen LogP contribution in [0.5, 0.6) is 5.75 Å². The molecule has 1 N–H and O–H groups in total. The summed E-state index contributed by atoms with van der Waals surface area (Å²) >= 11 is 0. The summed E-state index contributed by atoms with van der Waals surface area (Å²) < 4.78 is 33.2. The van der Waals surface area contributed by atoms with Crippen LogP contribution in [0.1, 0.15) is 17.5 Å². The predicted molar refractivity (Wildman–Crippen MR) is 130 cm³/mol. The van der Waals surface area contributed by atoms with Crippen molar-refractivity contribution >= 4 is 27.6 Å². The number of aryl methyl sites for hydroxylation is 1. The minimum atomic E-state index is -4.17. The molecule has 1 aliphatic rings. The van der Waals surface area contributed by atoms with Crippen LogP contribution >= 0.6 is 0 Å². The van der Waals surface area contributed by atoms with Crippen LogP contribution in [0.25, 0.3) is 0 Å². The molecule has 1 amide bonds. The number of carbonyl (C=O) groups excluding carboxylic acids is 2. The van der Waals surface area contributed by atoms with E-state index in [0.29, 0.717) is 17.7 Å². The average molecular weight is 495 g/mol. The predicted octanol–water partition coefficient (Wildman–Crippen LogP) is 3.10. The van der Waals surface area contributed by atoms with Crippen LogP contribution in [0.3, 0.4) is 0 Å². The smallest absolute Gasteiger partial charge is 0.326 e. The number of amides is 1. The van der Waals surface area contributed by atoms with Gasteiger partial charge in [-0.1, -0.05) is 48.5 Å². The number of para-hydroxylation sites is 1. The zero-order valence-corrected chi connectivity index (χ0v) is 20.0. The molecular weight excluding hydrogens is 468 g/mol. The van der Waals surface area contributed by atoms with Crippen molar-refractivity contribution in [1.82, 2.24) is 4.31 Å². The Morgan fingerprint density at radius 1 is 0.971 bits per heavy atom. The van der Waals surface area contributed by atoms with Crippen LogP contribution < -0.4 is 4.90 Å². The number of anilines is 1. The molecule has 182 valence electrons. The van der Waals surface area contributed by atoms with Crippen LogP contribution in [-0.2, 0) is 37.3 Å². The average Bonchev–Trinajstić information content (AvgIpc) is 3.05. The number of methoxy groups -OCH3 is 1. The number of esters is 1. The summed E-state index contributed by atoms with van der Waals surface area (Å²) in [4.78, 5) is 27.6. The molecule has 0 bridgehead atoms. The molecule has 8 nitrogen and oxygen atoms in total. The van der Waals surface area contributed by atoms with Gasteiger partial charge in [-0.05, 0) is 47.9 Å². The third kappa shape index (κ3) is 5.21. The molecule has 35 heavy (non-hydrogen) atoms. The van der Waals surface area contributed by atoms with E-state index in [9.17, 15) is 23.1 Å². The maximum Gasteiger partial charge on any atom is 0.326 e. The lowest BCUT2D eigenvalue weighted by Crippen LogP contribution is -2.50. The van der Waals surface area contributed by atoms with Gasteiger partial charge in [-0.25, -0.2) is 8.42 Å². The van der Waals surface area contributed by atoms with Gasteiger partial charge in [0.1, 0.15) is 11.8 Å². The summed E-state index contributed by atoms with van der Waals surface area (Å²) in [6.45, 7) is -0.309. The van der Waals surface area contributed by atoms with Gasteiger partial charge in [0, 0.05) is 18.7 Å². The third-order valence-electron chi connectivity index (χ3n) is 6.00. The number of aromatic hydroxyl groups is 1. The van der Waals surface area contributed by atoms with Gasteiger partial charge >= 0.3 is 5.97 Å². The van der Waals surface area contributed by atoms with Crippen LogP contribution in [0, 0.1) is 0 Å². The molecule has 3 aromatic carbocycles. The first-order valence-electron chi connectivity index (χ1n) is 11.1. The van der Waals surface area contributed by atoms with E-state index in [0.717, 1.165) is 9.87 Å². The van der Waals surface area contributed by atoms with Gasteiger partial charge in [0.05, 0.1) is 18.6 Å². The van der Waals surface area contributed by atoms with E-state index < -0.39 is 22.0 Å². The monoisotopic (exact) mass is 494 g/mol. The molecule has 0 saturated carbocycles. The SMILES string of the molecule is COC(=O)C1CN(C(=O)CCc2ccccc2)c2ccccc2CN1S(=O)(=O)c1ccc(O)cc1. The number of ether oxygens (including phenoxy) is 1. The number of phenolic OH excluding ortho intramolecular Hbond substituents is 1. The van der Waals surface area contributed by atoms with Crippen molar-refractivity contribution in [2.75, 3.05) is 18.6 Å². The zero-order valence-electron chi connectivity index (χ0n) is 19.2. The van der Waals surface area contributed by atoms with Crippen molar-refractivity contribution in [3.8, 4) is 5.75 Å². The maximum atomic E-state index is 13.6. The number of carbonyl (C=O) groups is 2. The molecular formula is C26H26N2O6S. The van der Waals surface area contributed by atoms with Gasteiger partial charge < -0.3 is 14.7 Å². The number of sulfonamides is 1. The summed E-state index contributed by atoms with van der Waals surface area (Å²) in [5.41, 5.74) is 2.15. The first-order chi connectivity index (χ1) is 16.8. The fraction of sp³-hybridized carbons (Fsp3) is 0.231. The maximum absolute atomic E-state index is 13.6. The Balaban J connectivity index is 1.72. The van der Waals surface area contributed by atoms with Crippen LogP contribution in [0.2, 0.25) is 0 Å². The Kier molecular flexibility index (Phi) is 7.18. The van der Waals surface area contributed by atoms with Crippen molar-refractivity contribution in [3.05, 3.63) is 90.0 Å². The van der Waals surface area contributed by atoms with Crippen molar-refractivity contribution < 1.29 is 27.9 Å². The second-order valence-corrected chi connectivity index (χ2v) is 10.1. The van der Waals surface area contributed by atoms with Crippen molar-refractivity contribution in [2.45, 2.75) is 30.3 Å². The Bertz CT molecular complexity index is 1310. The number of benzene rings is 3. The highest BCUT2D eigenvalue weighted by molar-refractivity contribution is 7.89. The molecule has 0 spiro atoms. The third-order valence-corrected chi connectivity index (χ3v) is 7.87. The lowest BCUT2D eigenvalue weighted by atomic mass is 10.1. The summed E-state index contributed by atoms with van der Waals surface area (Å²) in [5, 5.41) is 9.59. The number of phenols is 1. The lowest BCUT2D eigenvalue weighted by Gasteiger charge is -2.29. The fourth-order valence-corrected chi connectivity index (χ4v) is 5.70. The van der Waals surface area contributed by atoms with Crippen molar-refractivity contribution in [3.63, 3.8) is 0 Å². The van der Waals surface area contributed by atoms with Gasteiger partial charge in [-0.2, -0.15) is 4.31 Å². The fourth-order valence-electron chi connectivity index (χ4n) is 4.15. The summed E-state index contributed by atoms with van der Waals surface area (Å²) in [6.07, 6.45) is 0.702. The standard InChI is InChI=1S/C26H26N2O6S/c1-34-26(31)24-18-27(25(30)16-11-19-7-3-2-4-8-19)23-10-6-5-9-20(23)17-28(24)35(32,33)22-14-12-21(29)13-15-22/h2-10,12-15,24,29H,11,16-18H2,1H3. The van der Waals surface area contributed by atoms with Gasteiger partial charge in [-0.15, -0.1) is 0 Å². The van der Waals surface area contributed by atoms with E-state index >= 15 is 0 Å². The number of hydrogen-bond donors (Lipinski definition) is 1. The summed E-state index contributed by atoms with van der Waals surface area (Å²) in [6, 6.07) is 20.4.